The van der Waals surface area contributed by atoms with Gasteiger partial charge in [0.15, 0.2) is 0 Å². The fraction of sp³-hybridized carbons (Fsp3) is 0.750. The first kappa shape index (κ1) is 16.0. The lowest BCUT2D eigenvalue weighted by molar-refractivity contribution is 0.231. The maximum absolute atomic E-state index is 4.68. The molecule has 1 aromatic rings. The molecule has 1 aliphatic heterocycles. The summed E-state index contributed by atoms with van der Waals surface area (Å²) >= 11 is 0. The van der Waals surface area contributed by atoms with Crippen molar-refractivity contribution >= 4 is 11.6 Å². The standard InChI is InChI=1S/C16H29N5/c1-6-17-15-13(4)16(19-14(5)18-15)21-9-7-20(8-10-21)11-12(2)3/h12H,6-11H2,1-5H3,(H,17,18,19). The third-order valence-electron chi connectivity index (χ3n) is 3.87. The molecule has 1 saturated heterocycles. The van der Waals surface area contributed by atoms with Gasteiger partial charge in [0, 0.05) is 44.8 Å². The number of aryl methyl sites for hydroxylation is 1. The van der Waals surface area contributed by atoms with E-state index in [4.69, 9.17) is 0 Å². The van der Waals surface area contributed by atoms with E-state index in [0.29, 0.717) is 0 Å². The first-order valence-electron chi connectivity index (χ1n) is 8.07. The van der Waals surface area contributed by atoms with E-state index in [-0.39, 0.29) is 0 Å². The number of anilines is 2. The van der Waals surface area contributed by atoms with Crippen LogP contribution in [0, 0.1) is 19.8 Å². The Morgan fingerprint density at radius 1 is 1.10 bits per heavy atom. The summed E-state index contributed by atoms with van der Waals surface area (Å²) in [5.74, 6) is 3.66. The Morgan fingerprint density at radius 3 is 2.33 bits per heavy atom. The van der Waals surface area contributed by atoms with Crippen molar-refractivity contribution in [2.24, 2.45) is 5.92 Å². The molecule has 1 fully saturated rings. The molecule has 0 atom stereocenters. The number of rotatable bonds is 5. The van der Waals surface area contributed by atoms with Gasteiger partial charge < -0.3 is 10.2 Å². The highest BCUT2D eigenvalue weighted by molar-refractivity contribution is 5.58. The highest BCUT2D eigenvalue weighted by Crippen LogP contribution is 2.24. The van der Waals surface area contributed by atoms with Crippen molar-refractivity contribution < 1.29 is 0 Å². The van der Waals surface area contributed by atoms with Crippen molar-refractivity contribution in [2.75, 3.05) is 49.5 Å². The molecule has 1 aliphatic rings. The Balaban J connectivity index is 2.09. The van der Waals surface area contributed by atoms with E-state index < -0.39 is 0 Å². The summed E-state index contributed by atoms with van der Waals surface area (Å²) in [5.41, 5.74) is 1.17. The van der Waals surface area contributed by atoms with E-state index in [1.54, 1.807) is 0 Å². The van der Waals surface area contributed by atoms with Crippen LogP contribution in [0.1, 0.15) is 32.2 Å². The summed E-state index contributed by atoms with van der Waals surface area (Å²) in [6, 6.07) is 0. The van der Waals surface area contributed by atoms with E-state index in [1.165, 1.54) is 12.1 Å². The van der Waals surface area contributed by atoms with Gasteiger partial charge in [0.2, 0.25) is 0 Å². The number of hydrogen-bond donors (Lipinski definition) is 1. The van der Waals surface area contributed by atoms with Crippen molar-refractivity contribution in [3.05, 3.63) is 11.4 Å². The van der Waals surface area contributed by atoms with E-state index in [1.807, 2.05) is 6.92 Å². The molecule has 2 heterocycles. The molecule has 0 aliphatic carbocycles. The summed E-state index contributed by atoms with van der Waals surface area (Å²) < 4.78 is 0. The van der Waals surface area contributed by atoms with Crippen LogP contribution >= 0.6 is 0 Å². The van der Waals surface area contributed by atoms with Gasteiger partial charge in [-0.25, -0.2) is 9.97 Å². The average Bonchev–Trinajstić information content (AvgIpc) is 2.43. The molecule has 5 nitrogen and oxygen atoms in total. The molecule has 0 bridgehead atoms. The van der Waals surface area contributed by atoms with Crippen molar-refractivity contribution in [3.8, 4) is 0 Å². The van der Waals surface area contributed by atoms with Gasteiger partial charge in [0.05, 0.1) is 0 Å². The van der Waals surface area contributed by atoms with Crippen LogP contribution < -0.4 is 10.2 Å². The van der Waals surface area contributed by atoms with Gasteiger partial charge in [-0.2, -0.15) is 0 Å². The monoisotopic (exact) mass is 291 g/mol. The van der Waals surface area contributed by atoms with E-state index >= 15 is 0 Å². The van der Waals surface area contributed by atoms with Crippen LogP contribution in [0.25, 0.3) is 0 Å². The van der Waals surface area contributed by atoms with Gasteiger partial charge in [-0.15, -0.1) is 0 Å². The summed E-state index contributed by atoms with van der Waals surface area (Å²) in [4.78, 5) is 14.2. The van der Waals surface area contributed by atoms with E-state index in [0.717, 1.165) is 56.1 Å². The van der Waals surface area contributed by atoms with Crippen LogP contribution in [0.5, 0.6) is 0 Å². The molecule has 118 valence electrons. The van der Waals surface area contributed by atoms with Crippen molar-refractivity contribution in [2.45, 2.75) is 34.6 Å². The smallest absolute Gasteiger partial charge is 0.137 e. The van der Waals surface area contributed by atoms with Crippen LogP contribution in [0.2, 0.25) is 0 Å². The zero-order valence-corrected chi connectivity index (χ0v) is 14.1. The van der Waals surface area contributed by atoms with Gasteiger partial charge in [-0.3, -0.25) is 4.90 Å². The fourth-order valence-corrected chi connectivity index (χ4v) is 2.92. The Morgan fingerprint density at radius 2 is 1.76 bits per heavy atom. The quantitative estimate of drug-likeness (QED) is 0.902. The zero-order chi connectivity index (χ0) is 15.4. The summed E-state index contributed by atoms with van der Waals surface area (Å²) in [6.07, 6.45) is 0. The van der Waals surface area contributed by atoms with E-state index in [2.05, 4.69) is 52.8 Å². The molecular formula is C16H29N5. The topological polar surface area (TPSA) is 44.3 Å². The van der Waals surface area contributed by atoms with Gasteiger partial charge in [-0.1, -0.05) is 13.8 Å². The summed E-state index contributed by atoms with van der Waals surface area (Å²) in [7, 11) is 0. The minimum atomic E-state index is 0.736. The number of piperazine rings is 1. The Hall–Kier alpha value is -1.36. The molecular weight excluding hydrogens is 262 g/mol. The molecule has 21 heavy (non-hydrogen) atoms. The second-order valence-corrected chi connectivity index (χ2v) is 6.28. The van der Waals surface area contributed by atoms with Crippen LogP contribution in [-0.4, -0.2) is 54.1 Å². The number of aromatic nitrogens is 2. The largest absolute Gasteiger partial charge is 0.370 e. The molecule has 1 N–H and O–H groups in total. The molecule has 0 spiro atoms. The number of hydrogen-bond acceptors (Lipinski definition) is 5. The highest BCUT2D eigenvalue weighted by Gasteiger charge is 2.21. The van der Waals surface area contributed by atoms with Gasteiger partial charge in [0.1, 0.15) is 17.5 Å². The lowest BCUT2D eigenvalue weighted by Crippen LogP contribution is -2.48. The molecule has 5 heteroatoms. The summed E-state index contributed by atoms with van der Waals surface area (Å²) in [5, 5.41) is 3.34. The molecule has 0 amide bonds. The number of nitrogens with zero attached hydrogens (tertiary/aromatic N) is 4. The first-order chi connectivity index (χ1) is 10.0. The Bertz CT molecular complexity index is 464. The normalized spacial score (nSPS) is 16.6. The number of nitrogens with one attached hydrogen (secondary N) is 1. The summed E-state index contributed by atoms with van der Waals surface area (Å²) in [6.45, 7) is 17.2. The highest BCUT2D eigenvalue weighted by atomic mass is 15.3. The van der Waals surface area contributed by atoms with Crippen LogP contribution in [0.3, 0.4) is 0 Å². The minimum Gasteiger partial charge on any atom is -0.370 e. The Labute approximate surface area is 128 Å². The van der Waals surface area contributed by atoms with Gasteiger partial charge in [-0.05, 0) is 26.7 Å². The van der Waals surface area contributed by atoms with Crippen molar-refractivity contribution in [1.82, 2.24) is 14.9 Å². The Kier molecular flexibility index (Phi) is 5.39. The van der Waals surface area contributed by atoms with Crippen LogP contribution in [-0.2, 0) is 0 Å². The third-order valence-corrected chi connectivity index (χ3v) is 3.87. The molecule has 2 rings (SSSR count). The first-order valence-corrected chi connectivity index (χ1v) is 8.07. The maximum atomic E-state index is 4.68. The minimum absolute atomic E-state index is 0.736. The van der Waals surface area contributed by atoms with Crippen LogP contribution in [0.15, 0.2) is 0 Å². The van der Waals surface area contributed by atoms with Crippen molar-refractivity contribution in [3.63, 3.8) is 0 Å². The molecule has 0 radical (unpaired) electrons. The van der Waals surface area contributed by atoms with Gasteiger partial charge >= 0.3 is 0 Å². The molecule has 0 unspecified atom stereocenters. The fourth-order valence-electron chi connectivity index (χ4n) is 2.92. The van der Waals surface area contributed by atoms with Gasteiger partial charge in [0.25, 0.3) is 0 Å². The SMILES string of the molecule is CCNc1nc(C)nc(N2CCN(CC(C)C)CC2)c1C. The molecule has 0 saturated carbocycles. The molecule has 1 aromatic heterocycles. The van der Waals surface area contributed by atoms with Crippen LogP contribution in [0.4, 0.5) is 11.6 Å². The lowest BCUT2D eigenvalue weighted by Gasteiger charge is -2.37. The third kappa shape index (κ3) is 4.06. The predicted molar refractivity (Wildman–Crippen MR) is 89.2 cm³/mol. The second kappa shape index (κ2) is 7.07. The second-order valence-electron chi connectivity index (χ2n) is 6.28. The van der Waals surface area contributed by atoms with E-state index in [9.17, 15) is 0 Å². The average molecular weight is 291 g/mol. The predicted octanol–water partition coefficient (Wildman–Crippen LogP) is 2.30. The maximum Gasteiger partial charge on any atom is 0.137 e. The molecule has 0 aromatic carbocycles. The zero-order valence-electron chi connectivity index (χ0n) is 14.1. The van der Waals surface area contributed by atoms with Crippen molar-refractivity contribution in [1.29, 1.82) is 0 Å². The lowest BCUT2D eigenvalue weighted by atomic mass is 10.2.